The standard InChI is InChI=1S/C14H12BrFN2OS/c1-18(12-4-3-10(15)8-11(12)16)14(19)9-5-6-17-13(7-9)20-2/h3-8H,1-2H3. The molecule has 0 aliphatic rings. The van der Waals surface area contributed by atoms with Crippen LogP contribution in [0.4, 0.5) is 10.1 Å². The molecule has 1 amide bonds. The van der Waals surface area contributed by atoms with Gasteiger partial charge in [-0.3, -0.25) is 4.79 Å². The van der Waals surface area contributed by atoms with Crippen LogP contribution in [0.3, 0.4) is 0 Å². The van der Waals surface area contributed by atoms with Crippen LogP contribution in [-0.4, -0.2) is 24.2 Å². The van der Waals surface area contributed by atoms with Gasteiger partial charge < -0.3 is 4.90 Å². The van der Waals surface area contributed by atoms with Crippen molar-refractivity contribution in [3.05, 3.63) is 52.4 Å². The zero-order valence-corrected chi connectivity index (χ0v) is 13.3. The maximum atomic E-state index is 13.9. The smallest absolute Gasteiger partial charge is 0.258 e. The van der Waals surface area contributed by atoms with E-state index in [9.17, 15) is 9.18 Å². The number of halogens is 2. The van der Waals surface area contributed by atoms with E-state index in [2.05, 4.69) is 20.9 Å². The molecule has 0 atom stereocenters. The Balaban J connectivity index is 2.32. The van der Waals surface area contributed by atoms with Crippen LogP contribution < -0.4 is 4.90 Å². The van der Waals surface area contributed by atoms with Gasteiger partial charge in [0.15, 0.2) is 0 Å². The first kappa shape index (κ1) is 15.0. The highest BCUT2D eigenvalue weighted by molar-refractivity contribution is 9.10. The molecule has 0 bridgehead atoms. The number of amides is 1. The number of rotatable bonds is 3. The third kappa shape index (κ3) is 3.19. The van der Waals surface area contributed by atoms with Crippen LogP contribution in [0.2, 0.25) is 0 Å². The van der Waals surface area contributed by atoms with E-state index >= 15 is 0 Å². The number of aromatic nitrogens is 1. The molecule has 1 heterocycles. The van der Waals surface area contributed by atoms with Crippen LogP contribution in [-0.2, 0) is 0 Å². The summed E-state index contributed by atoms with van der Waals surface area (Å²) in [7, 11) is 1.55. The van der Waals surface area contributed by atoms with Crippen molar-refractivity contribution in [1.82, 2.24) is 4.98 Å². The van der Waals surface area contributed by atoms with E-state index < -0.39 is 5.82 Å². The molecule has 1 aromatic carbocycles. The number of carbonyl (C=O) groups excluding carboxylic acids is 1. The largest absolute Gasteiger partial charge is 0.309 e. The normalized spacial score (nSPS) is 10.4. The maximum absolute atomic E-state index is 13.9. The van der Waals surface area contributed by atoms with E-state index in [0.717, 1.165) is 5.03 Å². The van der Waals surface area contributed by atoms with Gasteiger partial charge in [-0.25, -0.2) is 9.37 Å². The Morgan fingerprint density at radius 1 is 1.35 bits per heavy atom. The minimum atomic E-state index is -0.450. The zero-order chi connectivity index (χ0) is 14.7. The van der Waals surface area contributed by atoms with Crippen LogP contribution in [0, 0.1) is 5.82 Å². The topological polar surface area (TPSA) is 33.2 Å². The van der Waals surface area contributed by atoms with Crippen LogP contribution in [0.5, 0.6) is 0 Å². The van der Waals surface area contributed by atoms with Gasteiger partial charge >= 0.3 is 0 Å². The van der Waals surface area contributed by atoms with Gasteiger partial charge in [-0.1, -0.05) is 15.9 Å². The minimum Gasteiger partial charge on any atom is -0.309 e. The molecule has 2 rings (SSSR count). The maximum Gasteiger partial charge on any atom is 0.258 e. The summed E-state index contributed by atoms with van der Waals surface area (Å²) >= 11 is 4.64. The predicted molar refractivity (Wildman–Crippen MR) is 82.9 cm³/mol. The van der Waals surface area contributed by atoms with E-state index in [-0.39, 0.29) is 11.6 Å². The number of pyridine rings is 1. The van der Waals surface area contributed by atoms with E-state index in [4.69, 9.17) is 0 Å². The van der Waals surface area contributed by atoms with Crippen molar-refractivity contribution in [3.63, 3.8) is 0 Å². The summed E-state index contributed by atoms with van der Waals surface area (Å²) in [6.07, 6.45) is 3.46. The lowest BCUT2D eigenvalue weighted by molar-refractivity contribution is 0.0992. The summed E-state index contributed by atoms with van der Waals surface area (Å²) in [6, 6.07) is 7.91. The molecule has 0 fully saturated rings. The molecule has 0 N–H and O–H groups in total. The highest BCUT2D eigenvalue weighted by Gasteiger charge is 2.17. The van der Waals surface area contributed by atoms with Gasteiger partial charge in [0.05, 0.1) is 10.7 Å². The molecule has 0 spiro atoms. The lowest BCUT2D eigenvalue weighted by Gasteiger charge is -2.18. The quantitative estimate of drug-likeness (QED) is 0.781. The number of carbonyl (C=O) groups is 1. The fraction of sp³-hybridized carbons (Fsp3) is 0.143. The molecule has 6 heteroatoms. The molecular formula is C14H12BrFN2OS. The summed E-state index contributed by atoms with van der Waals surface area (Å²) < 4.78 is 14.5. The number of thioether (sulfide) groups is 1. The molecule has 0 saturated heterocycles. The van der Waals surface area contributed by atoms with Gasteiger partial charge in [-0.2, -0.15) is 0 Å². The van der Waals surface area contributed by atoms with Gasteiger partial charge in [0, 0.05) is 23.3 Å². The Morgan fingerprint density at radius 3 is 2.75 bits per heavy atom. The van der Waals surface area contributed by atoms with Crippen LogP contribution in [0.15, 0.2) is 46.0 Å². The Labute approximate surface area is 129 Å². The Hall–Kier alpha value is -1.40. The van der Waals surface area contributed by atoms with Gasteiger partial charge in [-0.05, 0) is 36.6 Å². The lowest BCUT2D eigenvalue weighted by atomic mass is 10.2. The van der Waals surface area contributed by atoms with E-state index in [1.807, 2.05) is 6.26 Å². The molecule has 2 aromatic rings. The first-order chi connectivity index (χ1) is 9.52. The van der Waals surface area contributed by atoms with Crippen LogP contribution in [0.25, 0.3) is 0 Å². The fourth-order valence-electron chi connectivity index (χ4n) is 1.71. The first-order valence-corrected chi connectivity index (χ1v) is 7.78. The monoisotopic (exact) mass is 354 g/mol. The molecule has 0 saturated carbocycles. The van der Waals surface area contributed by atoms with E-state index in [0.29, 0.717) is 10.0 Å². The molecule has 0 unspecified atom stereocenters. The molecule has 20 heavy (non-hydrogen) atoms. The van der Waals surface area contributed by atoms with Crippen molar-refractivity contribution >= 4 is 39.3 Å². The second-order valence-electron chi connectivity index (χ2n) is 4.05. The fourth-order valence-corrected chi connectivity index (χ4v) is 2.45. The molecular weight excluding hydrogens is 343 g/mol. The molecule has 0 aliphatic heterocycles. The first-order valence-electron chi connectivity index (χ1n) is 5.76. The van der Waals surface area contributed by atoms with E-state index in [1.165, 1.54) is 22.7 Å². The van der Waals surface area contributed by atoms with Crippen molar-refractivity contribution < 1.29 is 9.18 Å². The summed E-state index contributed by atoms with van der Waals surface area (Å²) in [4.78, 5) is 17.8. The van der Waals surface area contributed by atoms with Crippen molar-refractivity contribution in [2.24, 2.45) is 0 Å². The summed E-state index contributed by atoms with van der Waals surface area (Å²) in [5, 5.41) is 0.750. The summed E-state index contributed by atoms with van der Waals surface area (Å²) in [5.41, 5.74) is 0.717. The molecule has 0 aliphatic carbocycles. The highest BCUT2D eigenvalue weighted by Crippen LogP contribution is 2.24. The molecule has 1 aromatic heterocycles. The summed E-state index contributed by atoms with van der Waals surface area (Å²) in [5.74, 6) is -0.724. The third-order valence-corrected chi connectivity index (χ3v) is 3.90. The van der Waals surface area contributed by atoms with Crippen LogP contribution in [0.1, 0.15) is 10.4 Å². The Morgan fingerprint density at radius 2 is 2.10 bits per heavy atom. The average molecular weight is 355 g/mol. The van der Waals surface area contributed by atoms with Gasteiger partial charge in [0.25, 0.3) is 5.91 Å². The number of nitrogens with zero attached hydrogens (tertiary/aromatic N) is 2. The summed E-state index contributed by atoms with van der Waals surface area (Å²) in [6.45, 7) is 0. The third-order valence-electron chi connectivity index (χ3n) is 2.77. The van der Waals surface area contributed by atoms with Gasteiger partial charge in [0.1, 0.15) is 5.82 Å². The van der Waals surface area contributed by atoms with Crippen molar-refractivity contribution in [1.29, 1.82) is 0 Å². The number of anilines is 1. The second-order valence-corrected chi connectivity index (χ2v) is 5.79. The SMILES string of the molecule is CSc1cc(C(=O)N(C)c2ccc(Br)cc2F)ccn1. The number of hydrogen-bond donors (Lipinski definition) is 0. The molecule has 0 radical (unpaired) electrons. The average Bonchev–Trinajstić information content (AvgIpc) is 2.46. The number of benzene rings is 1. The molecule has 3 nitrogen and oxygen atoms in total. The predicted octanol–water partition coefficient (Wildman–Crippen LogP) is 3.98. The van der Waals surface area contributed by atoms with E-state index in [1.54, 1.807) is 37.5 Å². The lowest BCUT2D eigenvalue weighted by Crippen LogP contribution is -2.27. The van der Waals surface area contributed by atoms with Gasteiger partial charge in [-0.15, -0.1) is 11.8 Å². The van der Waals surface area contributed by atoms with Crippen molar-refractivity contribution in [2.45, 2.75) is 5.03 Å². The van der Waals surface area contributed by atoms with Crippen molar-refractivity contribution in [3.8, 4) is 0 Å². The second kappa shape index (κ2) is 6.37. The Bertz CT molecular complexity index is 651. The highest BCUT2D eigenvalue weighted by atomic mass is 79.9. The minimum absolute atomic E-state index is 0.237. The van der Waals surface area contributed by atoms with Crippen LogP contribution >= 0.6 is 27.7 Å². The van der Waals surface area contributed by atoms with Gasteiger partial charge in [0.2, 0.25) is 0 Å². The molecule has 104 valence electrons. The van der Waals surface area contributed by atoms with Crippen molar-refractivity contribution in [2.75, 3.05) is 18.2 Å². The number of hydrogen-bond acceptors (Lipinski definition) is 3. The zero-order valence-electron chi connectivity index (χ0n) is 10.9. The Kier molecular flexibility index (Phi) is 4.77.